The zero-order valence-electron chi connectivity index (χ0n) is 11.2. The molecule has 18 heavy (non-hydrogen) atoms. The Kier molecular flexibility index (Phi) is 4.10. The van der Waals surface area contributed by atoms with E-state index in [1.807, 2.05) is 6.07 Å². The first-order valence-corrected chi connectivity index (χ1v) is 6.65. The average molecular weight is 269 g/mol. The van der Waals surface area contributed by atoms with Gasteiger partial charge < -0.3 is 10.6 Å². The van der Waals surface area contributed by atoms with E-state index in [2.05, 4.69) is 35.8 Å². The van der Waals surface area contributed by atoms with Crippen molar-refractivity contribution in [3.05, 3.63) is 22.8 Å². The Labute approximate surface area is 114 Å². The van der Waals surface area contributed by atoms with Crippen molar-refractivity contribution in [3.63, 3.8) is 0 Å². The Hall–Kier alpha value is -0.840. The van der Waals surface area contributed by atoms with E-state index < -0.39 is 0 Å². The molecule has 1 fully saturated rings. The molecular weight excluding hydrogens is 248 g/mol. The number of pyridine rings is 1. The topological polar surface area (TPSA) is 45.4 Å². The highest BCUT2D eigenvalue weighted by Crippen LogP contribution is 2.24. The van der Waals surface area contributed by atoms with Crippen LogP contribution < -0.4 is 5.73 Å². The molecule has 1 saturated heterocycles. The summed E-state index contributed by atoms with van der Waals surface area (Å²) in [7, 11) is 4.27. The Balaban J connectivity index is 2.05. The van der Waals surface area contributed by atoms with Crippen molar-refractivity contribution in [1.82, 2.24) is 14.8 Å². The Morgan fingerprint density at radius 1 is 1.44 bits per heavy atom. The molecule has 2 rings (SSSR count). The summed E-state index contributed by atoms with van der Waals surface area (Å²) in [5.74, 6) is 1.20. The van der Waals surface area contributed by atoms with Crippen LogP contribution in [-0.4, -0.2) is 48.0 Å². The molecule has 1 aromatic heterocycles. The smallest absolute Gasteiger partial charge is 0.123 e. The highest BCUT2D eigenvalue weighted by molar-refractivity contribution is 6.31. The number of aromatic nitrogens is 1. The maximum Gasteiger partial charge on any atom is 0.123 e. The van der Waals surface area contributed by atoms with Gasteiger partial charge in [0.2, 0.25) is 0 Å². The lowest BCUT2D eigenvalue weighted by Crippen LogP contribution is -2.34. The third kappa shape index (κ3) is 2.94. The van der Waals surface area contributed by atoms with Crippen LogP contribution in [0.5, 0.6) is 0 Å². The van der Waals surface area contributed by atoms with Gasteiger partial charge in [-0.05, 0) is 32.1 Å². The number of halogens is 1. The molecule has 2 heterocycles. The van der Waals surface area contributed by atoms with Gasteiger partial charge in [-0.15, -0.1) is 0 Å². The van der Waals surface area contributed by atoms with Crippen LogP contribution in [0.25, 0.3) is 0 Å². The summed E-state index contributed by atoms with van der Waals surface area (Å²) in [6.07, 6.45) is 0. The van der Waals surface area contributed by atoms with Crippen molar-refractivity contribution < 1.29 is 0 Å². The Morgan fingerprint density at radius 2 is 2.17 bits per heavy atom. The maximum absolute atomic E-state index is 6.15. The number of hydrogen-bond acceptors (Lipinski definition) is 4. The van der Waals surface area contributed by atoms with Crippen LogP contribution in [0.2, 0.25) is 5.02 Å². The number of nitrogen functional groups attached to an aromatic ring is 1. The van der Waals surface area contributed by atoms with Crippen LogP contribution >= 0.6 is 11.6 Å². The number of likely N-dealkylation sites (N-methyl/N-ethyl adjacent to an activating group) is 1. The molecule has 2 atom stereocenters. The van der Waals surface area contributed by atoms with E-state index in [9.17, 15) is 0 Å². The lowest BCUT2D eigenvalue weighted by molar-refractivity contribution is 0.249. The van der Waals surface area contributed by atoms with Gasteiger partial charge in [0.1, 0.15) is 5.82 Å². The largest absolute Gasteiger partial charge is 0.384 e. The van der Waals surface area contributed by atoms with Gasteiger partial charge in [0.15, 0.2) is 0 Å². The summed E-state index contributed by atoms with van der Waals surface area (Å²) in [4.78, 5) is 9.00. The summed E-state index contributed by atoms with van der Waals surface area (Å²) in [5.41, 5.74) is 6.59. The summed E-state index contributed by atoms with van der Waals surface area (Å²) in [6, 6.07) is 4.16. The maximum atomic E-state index is 6.15. The molecule has 0 bridgehead atoms. The average Bonchev–Trinajstić information content (AvgIpc) is 2.65. The molecule has 1 aliphatic heterocycles. The number of likely N-dealkylation sites (tertiary alicyclic amines) is 1. The standard InChI is InChI=1S/C13H21ClN4/c1-9-6-18(8-12(9)17(2)3)7-11-10(14)4-5-13(15)16-11/h4-5,9,12H,6-8H2,1-3H3,(H2,15,16). The monoisotopic (exact) mass is 268 g/mol. The minimum atomic E-state index is 0.533. The van der Waals surface area contributed by atoms with Crippen LogP contribution in [-0.2, 0) is 6.54 Å². The second-order valence-electron chi connectivity index (χ2n) is 5.37. The van der Waals surface area contributed by atoms with Crippen molar-refractivity contribution in [1.29, 1.82) is 0 Å². The molecule has 2 unspecified atom stereocenters. The molecule has 1 aromatic rings. The number of hydrogen-bond donors (Lipinski definition) is 1. The summed E-state index contributed by atoms with van der Waals surface area (Å²) in [6.45, 7) is 5.20. The molecule has 2 N–H and O–H groups in total. The third-order valence-corrected chi connectivity index (χ3v) is 3.97. The van der Waals surface area contributed by atoms with Crippen LogP contribution in [0, 0.1) is 5.92 Å². The van der Waals surface area contributed by atoms with Crippen LogP contribution in [0.3, 0.4) is 0 Å². The van der Waals surface area contributed by atoms with Gasteiger partial charge in [0, 0.05) is 25.7 Å². The van der Waals surface area contributed by atoms with E-state index in [1.165, 1.54) is 0 Å². The molecule has 0 spiro atoms. The number of anilines is 1. The molecule has 0 amide bonds. The summed E-state index contributed by atoms with van der Waals surface area (Å²) < 4.78 is 0. The van der Waals surface area contributed by atoms with E-state index in [-0.39, 0.29) is 0 Å². The summed E-state index contributed by atoms with van der Waals surface area (Å²) in [5, 5.41) is 0.699. The van der Waals surface area contributed by atoms with Crippen molar-refractivity contribution in [2.75, 3.05) is 32.9 Å². The highest BCUT2D eigenvalue weighted by atomic mass is 35.5. The molecule has 0 aliphatic carbocycles. The number of rotatable bonds is 3. The molecule has 4 nitrogen and oxygen atoms in total. The highest BCUT2D eigenvalue weighted by Gasteiger charge is 2.31. The Morgan fingerprint density at radius 3 is 2.78 bits per heavy atom. The zero-order chi connectivity index (χ0) is 13.3. The number of nitrogens with zero attached hydrogens (tertiary/aromatic N) is 3. The van der Waals surface area contributed by atoms with E-state index in [4.69, 9.17) is 17.3 Å². The lowest BCUT2D eigenvalue weighted by atomic mass is 10.1. The zero-order valence-corrected chi connectivity index (χ0v) is 12.0. The lowest BCUT2D eigenvalue weighted by Gasteiger charge is -2.22. The molecule has 0 aromatic carbocycles. The predicted molar refractivity (Wildman–Crippen MR) is 75.6 cm³/mol. The Bertz CT molecular complexity index is 421. The normalized spacial score (nSPS) is 24.9. The molecule has 0 radical (unpaired) electrons. The van der Waals surface area contributed by atoms with Crippen LogP contribution in [0.4, 0.5) is 5.82 Å². The summed E-state index contributed by atoms with van der Waals surface area (Å²) >= 11 is 6.15. The van der Waals surface area contributed by atoms with E-state index in [0.29, 0.717) is 22.8 Å². The van der Waals surface area contributed by atoms with Gasteiger partial charge in [-0.2, -0.15) is 0 Å². The quantitative estimate of drug-likeness (QED) is 0.906. The second kappa shape index (κ2) is 5.43. The van der Waals surface area contributed by atoms with Gasteiger partial charge in [0.05, 0.1) is 10.7 Å². The fourth-order valence-electron chi connectivity index (χ4n) is 2.67. The van der Waals surface area contributed by atoms with Gasteiger partial charge in [-0.25, -0.2) is 4.98 Å². The minimum Gasteiger partial charge on any atom is -0.384 e. The first kappa shape index (κ1) is 13.6. The number of nitrogens with two attached hydrogens (primary N) is 1. The fourth-order valence-corrected chi connectivity index (χ4v) is 2.84. The van der Waals surface area contributed by atoms with Gasteiger partial charge in [-0.3, -0.25) is 4.90 Å². The second-order valence-corrected chi connectivity index (χ2v) is 5.77. The van der Waals surface area contributed by atoms with Crippen molar-refractivity contribution in [3.8, 4) is 0 Å². The van der Waals surface area contributed by atoms with Crippen LogP contribution in [0.1, 0.15) is 12.6 Å². The van der Waals surface area contributed by atoms with Crippen molar-refractivity contribution in [2.45, 2.75) is 19.5 Å². The predicted octanol–water partition coefficient (Wildman–Crippen LogP) is 1.70. The van der Waals surface area contributed by atoms with Crippen molar-refractivity contribution in [2.24, 2.45) is 5.92 Å². The van der Waals surface area contributed by atoms with E-state index >= 15 is 0 Å². The van der Waals surface area contributed by atoms with Gasteiger partial charge >= 0.3 is 0 Å². The van der Waals surface area contributed by atoms with E-state index in [0.717, 1.165) is 25.3 Å². The molecule has 1 aliphatic rings. The SMILES string of the molecule is CC1CN(Cc2nc(N)ccc2Cl)CC1N(C)C. The van der Waals surface area contributed by atoms with E-state index in [1.54, 1.807) is 6.07 Å². The molecule has 5 heteroatoms. The minimum absolute atomic E-state index is 0.533. The molecule has 0 saturated carbocycles. The van der Waals surface area contributed by atoms with Crippen molar-refractivity contribution >= 4 is 17.4 Å². The van der Waals surface area contributed by atoms with Gasteiger partial charge in [-0.1, -0.05) is 18.5 Å². The third-order valence-electron chi connectivity index (χ3n) is 3.63. The van der Waals surface area contributed by atoms with Crippen LogP contribution in [0.15, 0.2) is 12.1 Å². The molecular formula is C13H21ClN4. The first-order valence-electron chi connectivity index (χ1n) is 6.27. The fraction of sp³-hybridized carbons (Fsp3) is 0.615. The molecule has 100 valence electrons. The first-order chi connectivity index (χ1) is 8.47. The van der Waals surface area contributed by atoms with Gasteiger partial charge in [0.25, 0.3) is 0 Å².